The highest BCUT2D eigenvalue weighted by Crippen LogP contribution is 2.46. The Hall–Kier alpha value is -4.83. The fourth-order valence-corrected chi connectivity index (χ4v) is 5.83. The van der Waals surface area contributed by atoms with Crippen LogP contribution in [0, 0.1) is 5.92 Å². The molecule has 0 spiro atoms. The van der Waals surface area contributed by atoms with E-state index in [0.29, 0.717) is 25.4 Å². The molecule has 216 valence electrons. The molecular weight excluding hydrogens is 532 g/mol. The maximum Gasteiger partial charge on any atom is 0.166 e. The van der Waals surface area contributed by atoms with Gasteiger partial charge >= 0.3 is 0 Å². The van der Waals surface area contributed by atoms with Gasteiger partial charge in [0.15, 0.2) is 5.78 Å². The van der Waals surface area contributed by atoms with E-state index in [-0.39, 0.29) is 17.6 Å². The molecule has 0 unspecified atom stereocenters. The standard InChI is InChI=1S/C39H36O4/c40-39(32-19-21-33(22-20-32)41-26-29-11-4-1-5-12-29)36-18-10-17-35(36)37-25-34(42-27-30-13-6-2-7-14-30)23-24-38(37)43-28-31-15-8-3-9-16-31/h1-9,11-16,19-25,35-36H,10,17-18,26-28H2/t35-,36+/m1/s1. The van der Waals surface area contributed by atoms with Gasteiger partial charge in [0, 0.05) is 17.0 Å². The van der Waals surface area contributed by atoms with Crippen LogP contribution in [-0.4, -0.2) is 5.78 Å². The third kappa shape index (κ3) is 7.34. The maximum atomic E-state index is 13.9. The normalized spacial score (nSPS) is 16.0. The van der Waals surface area contributed by atoms with Gasteiger partial charge in [0.25, 0.3) is 0 Å². The summed E-state index contributed by atoms with van der Waals surface area (Å²) < 4.78 is 18.5. The lowest BCUT2D eigenvalue weighted by molar-refractivity contribution is 0.0911. The molecular formula is C39H36O4. The summed E-state index contributed by atoms with van der Waals surface area (Å²) in [5.41, 5.74) is 5.08. The molecule has 0 amide bonds. The van der Waals surface area contributed by atoms with Gasteiger partial charge in [-0.25, -0.2) is 0 Å². The Bertz CT molecular complexity index is 1600. The Morgan fingerprint density at radius 3 is 1.65 bits per heavy atom. The first-order valence-corrected chi connectivity index (χ1v) is 15.0. The Kier molecular flexibility index (Phi) is 9.14. The quantitative estimate of drug-likeness (QED) is 0.141. The van der Waals surface area contributed by atoms with E-state index in [0.717, 1.165) is 58.8 Å². The van der Waals surface area contributed by atoms with E-state index in [9.17, 15) is 4.79 Å². The van der Waals surface area contributed by atoms with Crippen LogP contribution in [0.5, 0.6) is 17.2 Å². The average Bonchev–Trinajstić information content (AvgIpc) is 3.57. The molecule has 5 aromatic rings. The molecule has 4 heteroatoms. The van der Waals surface area contributed by atoms with Gasteiger partial charge in [0.1, 0.15) is 37.1 Å². The molecule has 1 fully saturated rings. The highest BCUT2D eigenvalue weighted by molar-refractivity contribution is 5.98. The third-order valence-corrected chi connectivity index (χ3v) is 8.11. The van der Waals surface area contributed by atoms with E-state index in [1.165, 1.54) is 0 Å². The molecule has 1 saturated carbocycles. The lowest BCUT2D eigenvalue weighted by atomic mass is 9.83. The van der Waals surface area contributed by atoms with Crippen molar-refractivity contribution in [1.29, 1.82) is 0 Å². The fraction of sp³-hybridized carbons (Fsp3) is 0.205. The molecule has 0 N–H and O–H groups in total. The summed E-state index contributed by atoms with van der Waals surface area (Å²) in [6.45, 7) is 1.44. The van der Waals surface area contributed by atoms with Gasteiger partial charge in [-0.1, -0.05) is 97.4 Å². The van der Waals surface area contributed by atoms with Gasteiger partial charge in [0.05, 0.1) is 0 Å². The summed E-state index contributed by atoms with van der Waals surface area (Å²) in [5, 5.41) is 0. The number of rotatable bonds is 12. The molecule has 0 aromatic heterocycles. The van der Waals surface area contributed by atoms with Crippen molar-refractivity contribution in [1.82, 2.24) is 0 Å². The Morgan fingerprint density at radius 1 is 0.558 bits per heavy atom. The lowest BCUT2D eigenvalue weighted by Crippen LogP contribution is -2.19. The molecule has 0 bridgehead atoms. The molecule has 0 saturated heterocycles. The zero-order valence-corrected chi connectivity index (χ0v) is 24.2. The highest BCUT2D eigenvalue weighted by Gasteiger charge is 2.36. The van der Waals surface area contributed by atoms with Crippen molar-refractivity contribution in [2.75, 3.05) is 0 Å². The second-order valence-electron chi connectivity index (χ2n) is 11.1. The summed E-state index contributed by atoms with van der Waals surface area (Å²) in [6, 6.07) is 44.0. The number of hydrogen-bond acceptors (Lipinski definition) is 4. The SMILES string of the molecule is O=C(c1ccc(OCc2ccccc2)cc1)[C@H]1CCC[C@H]1c1cc(OCc2ccccc2)ccc1OCc1ccccc1. The Morgan fingerprint density at radius 2 is 1.07 bits per heavy atom. The van der Waals surface area contributed by atoms with Gasteiger partial charge in [-0.05, 0) is 77.9 Å². The number of ether oxygens (including phenoxy) is 3. The maximum absolute atomic E-state index is 13.9. The average molecular weight is 569 g/mol. The van der Waals surface area contributed by atoms with Crippen LogP contribution in [0.1, 0.15) is 57.8 Å². The molecule has 43 heavy (non-hydrogen) atoms. The minimum Gasteiger partial charge on any atom is -0.489 e. The Balaban J connectivity index is 1.20. The van der Waals surface area contributed by atoms with E-state index in [4.69, 9.17) is 14.2 Å². The number of carbonyl (C=O) groups is 1. The lowest BCUT2D eigenvalue weighted by Gasteiger charge is -2.23. The third-order valence-electron chi connectivity index (χ3n) is 8.11. The Labute approximate surface area is 253 Å². The zero-order chi connectivity index (χ0) is 29.3. The van der Waals surface area contributed by atoms with Crippen LogP contribution in [0.4, 0.5) is 0 Å². The van der Waals surface area contributed by atoms with Crippen molar-refractivity contribution in [2.24, 2.45) is 5.92 Å². The predicted octanol–water partition coefficient (Wildman–Crippen LogP) is 9.19. The summed E-state index contributed by atoms with van der Waals surface area (Å²) in [6.07, 6.45) is 2.77. The van der Waals surface area contributed by atoms with E-state index in [2.05, 4.69) is 30.3 Å². The second-order valence-corrected chi connectivity index (χ2v) is 11.1. The number of ketones is 1. The number of carbonyl (C=O) groups excluding carboxylic acids is 1. The van der Waals surface area contributed by atoms with Gasteiger partial charge in [-0.3, -0.25) is 4.79 Å². The molecule has 4 nitrogen and oxygen atoms in total. The summed E-state index contributed by atoms with van der Waals surface area (Å²) >= 11 is 0. The van der Waals surface area contributed by atoms with Crippen LogP contribution in [0.3, 0.4) is 0 Å². The molecule has 5 aromatic carbocycles. The smallest absolute Gasteiger partial charge is 0.166 e. The van der Waals surface area contributed by atoms with Crippen molar-refractivity contribution in [3.8, 4) is 17.2 Å². The van der Waals surface area contributed by atoms with Crippen molar-refractivity contribution >= 4 is 5.78 Å². The fourth-order valence-electron chi connectivity index (χ4n) is 5.83. The first-order valence-electron chi connectivity index (χ1n) is 15.0. The van der Waals surface area contributed by atoms with Gasteiger partial charge in [0.2, 0.25) is 0 Å². The zero-order valence-electron chi connectivity index (χ0n) is 24.2. The monoisotopic (exact) mass is 568 g/mol. The minimum atomic E-state index is -0.125. The molecule has 2 atom stereocenters. The van der Waals surface area contributed by atoms with Gasteiger partial charge < -0.3 is 14.2 Å². The molecule has 0 heterocycles. The van der Waals surface area contributed by atoms with Gasteiger partial charge in [-0.15, -0.1) is 0 Å². The first kappa shape index (κ1) is 28.3. The molecule has 1 aliphatic carbocycles. The number of Topliss-reactive ketones (excluding diaryl/α,β-unsaturated/α-hetero) is 1. The first-order chi connectivity index (χ1) is 21.2. The van der Waals surface area contributed by atoms with E-state index < -0.39 is 0 Å². The number of hydrogen-bond donors (Lipinski definition) is 0. The van der Waals surface area contributed by atoms with E-state index in [1.54, 1.807) is 0 Å². The summed E-state index contributed by atoms with van der Waals surface area (Å²) in [4.78, 5) is 13.9. The van der Waals surface area contributed by atoms with Crippen LogP contribution in [0.15, 0.2) is 133 Å². The highest BCUT2D eigenvalue weighted by atomic mass is 16.5. The van der Waals surface area contributed by atoms with Crippen LogP contribution >= 0.6 is 0 Å². The van der Waals surface area contributed by atoms with Crippen molar-refractivity contribution in [3.05, 3.63) is 161 Å². The minimum absolute atomic E-state index is 0.0487. The number of benzene rings is 5. The molecule has 1 aliphatic rings. The topological polar surface area (TPSA) is 44.8 Å². The van der Waals surface area contributed by atoms with E-state index in [1.807, 2.05) is 103 Å². The van der Waals surface area contributed by atoms with Crippen molar-refractivity contribution in [3.63, 3.8) is 0 Å². The largest absolute Gasteiger partial charge is 0.489 e. The summed E-state index contributed by atoms with van der Waals surface area (Å²) in [5.74, 6) is 2.44. The van der Waals surface area contributed by atoms with E-state index >= 15 is 0 Å². The van der Waals surface area contributed by atoms with Crippen LogP contribution in [0.2, 0.25) is 0 Å². The summed E-state index contributed by atoms with van der Waals surface area (Å²) in [7, 11) is 0. The van der Waals surface area contributed by atoms with Gasteiger partial charge in [-0.2, -0.15) is 0 Å². The predicted molar refractivity (Wildman–Crippen MR) is 170 cm³/mol. The van der Waals surface area contributed by atoms with Crippen LogP contribution in [0.25, 0.3) is 0 Å². The molecule has 0 radical (unpaired) electrons. The second kappa shape index (κ2) is 13.9. The molecule has 6 rings (SSSR count). The van der Waals surface area contributed by atoms with Crippen LogP contribution < -0.4 is 14.2 Å². The van der Waals surface area contributed by atoms with Crippen molar-refractivity contribution < 1.29 is 19.0 Å². The van der Waals surface area contributed by atoms with Crippen molar-refractivity contribution in [2.45, 2.75) is 45.0 Å². The molecule has 0 aliphatic heterocycles. The van der Waals surface area contributed by atoms with Crippen LogP contribution in [-0.2, 0) is 19.8 Å².